The van der Waals surface area contributed by atoms with Crippen LogP contribution in [-0.4, -0.2) is 15.0 Å². The van der Waals surface area contributed by atoms with Crippen LogP contribution in [0.4, 0.5) is 0 Å². The number of ether oxygens (including phenoxy) is 1. The van der Waals surface area contributed by atoms with Crippen LogP contribution in [0.1, 0.15) is 11.3 Å². The largest absolute Gasteiger partial charge is 0.487 e. The Balaban J connectivity index is 1.33. The van der Waals surface area contributed by atoms with Gasteiger partial charge in [-0.05, 0) is 54.1 Å². The van der Waals surface area contributed by atoms with E-state index in [4.69, 9.17) is 20.8 Å². The predicted octanol–water partition coefficient (Wildman–Crippen LogP) is 5.33. The quantitative estimate of drug-likeness (QED) is 0.354. The molecule has 0 aliphatic carbocycles. The fraction of sp³-hybridized carbons (Fsp3) is 0.0800. The summed E-state index contributed by atoms with van der Waals surface area (Å²) in [6.07, 6.45) is 1.83. The van der Waals surface area contributed by atoms with E-state index in [0.29, 0.717) is 34.9 Å². The molecule has 0 radical (unpaired) electrons. The molecule has 0 fully saturated rings. The Morgan fingerprint density at radius 1 is 0.969 bits per heavy atom. The van der Waals surface area contributed by atoms with Crippen LogP contribution in [0.5, 0.6) is 5.75 Å². The molecule has 0 N–H and O–H groups in total. The second-order valence-electron chi connectivity index (χ2n) is 7.32. The molecular formula is C25H18ClN3O3. The van der Waals surface area contributed by atoms with Gasteiger partial charge in [-0.2, -0.15) is 0 Å². The maximum atomic E-state index is 12.7. The molecular weight excluding hydrogens is 426 g/mol. The third-order valence-electron chi connectivity index (χ3n) is 4.98. The number of nitrogens with zero attached hydrogens (tertiary/aromatic N) is 3. The summed E-state index contributed by atoms with van der Waals surface area (Å²) in [6.45, 7) is 0.811. The van der Waals surface area contributed by atoms with E-state index in [-0.39, 0.29) is 5.43 Å². The summed E-state index contributed by atoms with van der Waals surface area (Å²) in [4.78, 5) is 12.7. The Labute approximate surface area is 188 Å². The van der Waals surface area contributed by atoms with Crippen LogP contribution in [0.2, 0.25) is 5.02 Å². The molecule has 0 aliphatic rings. The Kier molecular flexibility index (Phi) is 5.44. The van der Waals surface area contributed by atoms with Gasteiger partial charge < -0.3 is 9.15 Å². The van der Waals surface area contributed by atoms with Gasteiger partial charge in [-0.15, -0.1) is 5.10 Å². The summed E-state index contributed by atoms with van der Waals surface area (Å²) in [5, 5.41) is 9.47. The highest BCUT2D eigenvalue weighted by Gasteiger charge is 2.09. The molecule has 5 aromatic rings. The van der Waals surface area contributed by atoms with Crippen LogP contribution in [0.3, 0.4) is 0 Å². The number of hydrogen-bond acceptors (Lipinski definition) is 5. The van der Waals surface area contributed by atoms with Crippen molar-refractivity contribution in [3.63, 3.8) is 0 Å². The molecule has 0 saturated carbocycles. The fourth-order valence-corrected chi connectivity index (χ4v) is 3.53. The number of fused-ring (bicyclic) bond motifs is 1. The summed E-state index contributed by atoms with van der Waals surface area (Å²) in [6, 6.07) is 23.8. The van der Waals surface area contributed by atoms with Gasteiger partial charge in [0.25, 0.3) is 0 Å². The first-order chi connectivity index (χ1) is 15.6. The minimum Gasteiger partial charge on any atom is -0.487 e. The van der Waals surface area contributed by atoms with Crippen molar-refractivity contribution < 1.29 is 9.15 Å². The van der Waals surface area contributed by atoms with E-state index in [1.54, 1.807) is 16.8 Å². The van der Waals surface area contributed by atoms with Gasteiger partial charge in [-0.1, -0.05) is 41.1 Å². The van der Waals surface area contributed by atoms with Crippen molar-refractivity contribution in [3.8, 4) is 17.1 Å². The number of rotatable bonds is 6. The lowest BCUT2D eigenvalue weighted by Gasteiger charge is -2.06. The van der Waals surface area contributed by atoms with Gasteiger partial charge in [0.2, 0.25) is 0 Å². The molecule has 0 amide bonds. The molecule has 6 nitrogen and oxygen atoms in total. The number of hydrogen-bond donors (Lipinski definition) is 0. The van der Waals surface area contributed by atoms with Crippen molar-refractivity contribution in [2.45, 2.75) is 13.2 Å². The zero-order chi connectivity index (χ0) is 21.9. The highest BCUT2D eigenvalue weighted by atomic mass is 35.5. The smallest absolute Gasteiger partial charge is 0.193 e. The van der Waals surface area contributed by atoms with Gasteiger partial charge in [0.1, 0.15) is 29.4 Å². The molecule has 7 heteroatoms. The Morgan fingerprint density at radius 3 is 2.59 bits per heavy atom. The average Bonchev–Trinajstić information content (AvgIpc) is 3.26. The van der Waals surface area contributed by atoms with E-state index >= 15 is 0 Å². The van der Waals surface area contributed by atoms with Crippen molar-refractivity contribution in [3.05, 3.63) is 112 Å². The SMILES string of the molecule is O=c1cc(-c2ccc(Cl)cc2)oc2ccc(Cn3cc(COc4ccccc4)nn3)cc12. The average molecular weight is 444 g/mol. The minimum absolute atomic E-state index is 0.103. The summed E-state index contributed by atoms with van der Waals surface area (Å²) >= 11 is 5.95. The van der Waals surface area contributed by atoms with Gasteiger partial charge in [-0.25, -0.2) is 4.68 Å². The normalized spacial score (nSPS) is 11.0. The molecule has 0 unspecified atom stereocenters. The molecule has 0 spiro atoms. The molecule has 0 aliphatic heterocycles. The van der Waals surface area contributed by atoms with Crippen molar-refractivity contribution in [2.75, 3.05) is 0 Å². The molecule has 5 rings (SSSR count). The first-order valence-corrected chi connectivity index (χ1v) is 10.4. The maximum absolute atomic E-state index is 12.7. The number of benzene rings is 3. The molecule has 3 aromatic carbocycles. The van der Waals surface area contributed by atoms with E-state index < -0.39 is 0 Å². The Morgan fingerprint density at radius 2 is 1.78 bits per heavy atom. The maximum Gasteiger partial charge on any atom is 0.193 e. The molecule has 2 aromatic heterocycles. The lowest BCUT2D eigenvalue weighted by atomic mass is 10.1. The second kappa shape index (κ2) is 8.69. The summed E-state index contributed by atoms with van der Waals surface area (Å²) in [5.41, 5.74) is 2.87. The highest BCUT2D eigenvalue weighted by molar-refractivity contribution is 6.30. The van der Waals surface area contributed by atoms with E-state index in [1.807, 2.05) is 66.9 Å². The second-order valence-corrected chi connectivity index (χ2v) is 7.76. The van der Waals surface area contributed by atoms with Crippen molar-refractivity contribution >= 4 is 22.6 Å². The van der Waals surface area contributed by atoms with Crippen molar-refractivity contribution in [1.29, 1.82) is 0 Å². The molecule has 32 heavy (non-hydrogen) atoms. The topological polar surface area (TPSA) is 70.2 Å². The molecule has 0 atom stereocenters. The first kappa shape index (κ1) is 20.0. The predicted molar refractivity (Wildman–Crippen MR) is 123 cm³/mol. The van der Waals surface area contributed by atoms with Crippen molar-refractivity contribution in [1.82, 2.24) is 15.0 Å². The number of halogens is 1. The number of aromatic nitrogens is 3. The van der Waals surface area contributed by atoms with Gasteiger partial charge in [-0.3, -0.25) is 4.79 Å². The van der Waals surface area contributed by atoms with Crippen LogP contribution >= 0.6 is 11.6 Å². The minimum atomic E-state index is -0.103. The lowest BCUT2D eigenvalue weighted by molar-refractivity contribution is 0.301. The van der Waals surface area contributed by atoms with Gasteiger partial charge in [0.15, 0.2) is 5.43 Å². The summed E-state index contributed by atoms with van der Waals surface area (Å²) < 4.78 is 13.4. The van der Waals surface area contributed by atoms with Crippen LogP contribution in [-0.2, 0) is 13.2 Å². The third kappa shape index (κ3) is 4.40. The van der Waals surface area contributed by atoms with Gasteiger partial charge in [0, 0.05) is 16.7 Å². The molecule has 0 saturated heterocycles. The van der Waals surface area contributed by atoms with E-state index in [2.05, 4.69) is 10.3 Å². The monoisotopic (exact) mass is 443 g/mol. The van der Waals surface area contributed by atoms with E-state index in [1.165, 1.54) is 6.07 Å². The standard InChI is InChI=1S/C25H18ClN3O3/c26-19-9-7-18(8-10-19)25-13-23(30)22-12-17(6-11-24(22)32-25)14-29-15-20(27-28-29)16-31-21-4-2-1-3-5-21/h1-13,15H,14,16H2. The summed E-state index contributed by atoms with van der Waals surface area (Å²) in [5.74, 6) is 1.28. The van der Waals surface area contributed by atoms with Gasteiger partial charge in [0.05, 0.1) is 18.1 Å². The Hall–Kier alpha value is -3.90. The number of para-hydroxylation sites is 1. The van der Waals surface area contributed by atoms with E-state index in [0.717, 1.165) is 22.6 Å². The van der Waals surface area contributed by atoms with Crippen LogP contribution in [0.15, 0.2) is 94.3 Å². The molecule has 158 valence electrons. The van der Waals surface area contributed by atoms with Crippen LogP contribution < -0.4 is 10.2 Å². The molecule has 2 heterocycles. The van der Waals surface area contributed by atoms with Crippen molar-refractivity contribution in [2.24, 2.45) is 0 Å². The van der Waals surface area contributed by atoms with Gasteiger partial charge >= 0.3 is 0 Å². The lowest BCUT2D eigenvalue weighted by Crippen LogP contribution is -2.04. The fourth-order valence-electron chi connectivity index (χ4n) is 3.40. The zero-order valence-electron chi connectivity index (χ0n) is 16.9. The van der Waals surface area contributed by atoms with Crippen LogP contribution in [0, 0.1) is 0 Å². The van der Waals surface area contributed by atoms with Crippen LogP contribution in [0.25, 0.3) is 22.3 Å². The first-order valence-electron chi connectivity index (χ1n) is 10.0. The molecule has 0 bridgehead atoms. The summed E-state index contributed by atoms with van der Waals surface area (Å²) in [7, 11) is 0. The zero-order valence-corrected chi connectivity index (χ0v) is 17.7. The third-order valence-corrected chi connectivity index (χ3v) is 5.23. The highest BCUT2D eigenvalue weighted by Crippen LogP contribution is 2.24. The Bertz CT molecular complexity index is 1430. The van der Waals surface area contributed by atoms with E-state index in [9.17, 15) is 4.79 Å².